The third-order valence-corrected chi connectivity index (χ3v) is 3.33. The third-order valence-electron chi connectivity index (χ3n) is 3.33. The van der Waals surface area contributed by atoms with E-state index in [2.05, 4.69) is 20.6 Å². The van der Waals surface area contributed by atoms with E-state index in [9.17, 15) is 4.79 Å². The molecule has 2 aromatic rings. The maximum absolute atomic E-state index is 11.5. The van der Waals surface area contributed by atoms with E-state index >= 15 is 0 Å². The van der Waals surface area contributed by atoms with Crippen LogP contribution in [-0.2, 0) is 22.5 Å². The summed E-state index contributed by atoms with van der Waals surface area (Å²) in [5.74, 6) is 0.184. The van der Waals surface area contributed by atoms with Crippen LogP contribution in [0.3, 0.4) is 0 Å². The van der Waals surface area contributed by atoms with Gasteiger partial charge in [0, 0.05) is 37.7 Å². The number of guanidine groups is 1. The highest BCUT2D eigenvalue weighted by Gasteiger charge is 2.02. The molecule has 8 heteroatoms. The predicted octanol–water partition coefficient (Wildman–Crippen LogP) is 1.93. The van der Waals surface area contributed by atoms with E-state index in [1.54, 1.807) is 6.20 Å². The summed E-state index contributed by atoms with van der Waals surface area (Å²) < 4.78 is 4.79. The largest absolute Gasteiger partial charge is 0.375 e. The number of rotatable bonds is 8. The van der Waals surface area contributed by atoms with Crippen molar-refractivity contribution in [2.24, 2.45) is 10.7 Å². The van der Waals surface area contributed by atoms with Crippen LogP contribution in [-0.4, -0.2) is 37.1 Å². The highest BCUT2D eigenvalue weighted by Crippen LogP contribution is 2.11. The smallest absolute Gasteiger partial charge is 0.250 e. The number of halogens is 1. The Morgan fingerprint density at radius 2 is 2.12 bits per heavy atom. The van der Waals surface area contributed by atoms with Crippen molar-refractivity contribution in [2.75, 3.05) is 25.6 Å². The minimum atomic E-state index is -0.196. The van der Waals surface area contributed by atoms with Crippen molar-refractivity contribution < 1.29 is 9.53 Å². The summed E-state index contributed by atoms with van der Waals surface area (Å²) in [6.07, 6.45) is 2.54. The fraction of sp³-hybridized carbons (Fsp3) is 0.278. The molecule has 0 unspecified atom stereocenters. The van der Waals surface area contributed by atoms with Gasteiger partial charge in [-0.3, -0.25) is 9.78 Å². The maximum Gasteiger partial charge on any atom is 0.250 e. The number of ether oxygens (including phenoxy) is 1. The van der Waals surface area contributed by atoms with E-state index in [1.807, 2.05) is 42.5 Å². The second-order valence-corrected chi connectivity index (χ2v) is 5.38. The topological polar surface area (TPSA) is 102 Å². The zero-order valence-corrected chi connectivity index (χ0v) is 17.0. The lowest BCUT2D eigenvalue weighted by molar-refractivity contribution is -0.119. The van der Waals surface area contributed by atoms with Gasteiger partial charge in [0.15, 0.2) is 5.96 Å². The van der Waals surface area contributed by atoms with Crippen LogP contribution in [0.25, 0.3) is 0 Å². The molecule has 0 aliphatic heterocycles. The lowest BCUT2D eigenvalue weighted by Crippen LogP contribution is -2.33. The number of hydrogen-bond acceptors (Lipinski definition) is 4. The molecule has 1 aromatic heterocycles. The second kappa shape index (κ2) is 12.2. The molecule has 0 aliphatic carbocycles. The van der Waals surface area contributed by atoms with Crippen LogP contribution in [0.2, 0.25) is 0 Å². The number of nitrogens with one attached hydrogen (secondary N) is 2. The number of aliphatic imine (C=N–C) groups is 1. The Balaban J connectivity index is 0.00000338. The number of nitrogens with two attached hydrogens (primary N) is 1. The number of anilines is 1. The summed E-state index contributed by atoms with van der Waals surface area (Å²) in [5.41, 5.74) is 8.53. The van der Waals surface area contributed by atoms with Gasteiger partial charge in [0.1, 0.15) is 6.61 Å². The van der Waals surface area contributed by atoms with Crippen molar-refractivity contribution in [2.45, 2.75) is 13.0 Å². The number of amides is 1. The van der Waals surface area contributed by atoms with Crippen LogP contribution in [0.1, 0.15) is 11.3 Å². The Labute approximate surface area is 170 Å². The first-order valence-corrected chi connectivity index (χ1v) is 7.99. The summed E-state index contributed by atoms with van der Waals surface area (Å²) in [7, 11) is 1.48. The molecule has 1 heterocycles. The van der Waals surface area contributed by atoms with E-state index in [1.165, 1.54) is 7.11 Å². The lowest BCUT2D eigenvalue weighted by Gasteiger charge is -2.07. The fourth-order valence-corrected chi connectivity index (χ4v) is 2.17. The van der Waals surface area contributed by atoms with Crippen LogP contribution < -0.4 is 16.4 Å². The van der Waals surface area contributed by atoms with Crippen molar-refractivity contribution in [3.8, 4) is 0 Å². The number of benzene rings is 1. The first-order valence-electron chi connectivity index (χ1n) is 7.99. The van der Waals surface area contributed by atoms with Crippen molar-refractivity contribution in [1.82, 2.24) is 10.3 Å². The van der Waals surface area contributed by atoms with E-state index in [0.717, 1.165) is 17.7 Å². The summed E-state index contributed by atoms with van der Waals surface area (Å²) in [6.45, 7) is 1.12. The van der Waals surface area contributed by atoms with Crippen LogP contribution in [0.4, 0.5) is 5.69 Å². The van der Waals surface area contributed by atoms with Crippen LogP contribution in [0.5, 0.6) is 0 Å². The molecule has 0 saturated heterocycles. The van der Waals surface area contributed by atoms with Crippen LogP contribution in [0.15, 0.2) is 53.7 Å². The van der Waals surface area contributed by atoms with Gasteiger partial charge in [0.25, 0.3) is 0 Å². The SMILES string of the molecule is COCC(=O)Nc1cccc(CN=C(N)NCCc2ccccn2)c1.I. The van der Waals surface area contributed by atoms with Crippen molar-refractivity contribution >= 4 is 41.5 Å². The van der Waals surface area contributed by atoms with Gasteiger partial charge in [-0.05, 0) is 29.8 Å². The molecule has 26 heavy (non-hydrogen) atoms. The molecule has 0 bridgehead atoms. The van der Waals surface area contributed by atoms with Gasteiger partial charge in [-0.25, -0.2) is 4.99 Å². The van der Waals surface area contributed by atoms with Crippen molar-refractivity contribution in [3.63, 3.8) is 0 Å². The Kier molecular flexibility index (Phi) is 10.3. The molecule has 7 nitrogen and oxygen atoms in total. The molecule has 0 aliphatic rings. The maximum atomic E-state index is 11.5. The molecule has 140 valence electrons. The molecule has 2 rings (SSSR count). The fourth-order valence-electron chi connectivity index (χ4n) is 2.17. The minimum Gasteiger partial charge on any atom is -0.375 e. The molecular weight excluding hydrogens is 445 g/mol. The van der Waals surface area contributed by atoms with Crippen molar-refractivity contribution in [3.05, 3.63) is 59.9 Å². The van der Waals surface area contributed by atoms with Gasteiger partial charge in [0.2, 0.25) is 5.91 Å². The molecular formula is C18H24IN5O2. The summed E-state index contributed by atoms with van der Waals surface area (Å²) in [4.78, 5) is 20.1. The molecule has 1 amide bonds. The van der Waals surface area contributed by atoms with Crippen LogP contribution in [0, 0.1) is 0 Å². The Morgan fingerprint density at radius 3 is 2.85 bits per heavy atom. The number of carbonyl (C=O) groups is 1. The van der Waals surface area contributed by atoms with Gasteiger partial charge in [-0.1, -0.05) is 18.2 Å². The Hall–Kier alpha value is -2.20. The summed E-state index contributed by atoms with van der Waals surface area (Å²) >= 11 is 0. The first-order chi connectivity index (χ1) is 12.2. The Bertz CT molecular complexity index is 710. The number of methoxy groups -OCH3 is 1. The van der Waals surface area contributed by atoms with E-state index in [4.69, 9.17) is 10.5 Å². The van der Waals surface area contributed by atoms with Gasteiger partial charge in [0.05, 0.1) is 6.54 Å². The van der Waals surface area contributed by atoms with E-state index in [0.29, 0.717) is 24.7 Å². The molecule has 0 radical (unpaired) electrons. The molecule has 4 N–H and O–H groups in total. The predicted molar refractivity (Wildman–Crippen MR) is 114 cm³/mol. The molecule has 1 aromatic carbocycles. The summed E-state index contributed by atoms with van der Waals surface area (Å²) in [6, 6.07) is 13.3. The molecule has 0 fully saturated rings. The summed E-state index contributed by atoms with van der Waals surface area (Å²) in [5, 5.41) is 5.82. The molecule has 0 spiro atoms. The quantitative estimate of drug-likeness (QED) is 0.312. The number of nitrogens with zero attached hydrogens (tertiary/aromatic N) is 2. The number of carbonyl (C=O) groups excluding carboxylic acids is 1. The highest BCUT2D eigenvalue weighted by atomic mass is 127. The third kappa shape index (κ3) is 8.26. The lowest BCUT2D eigenvalue weighted by atomic mass is 10.2. The zero-order valence-electron chi connectivity index (χ0n) is 14.6. The molecule has 0 saturated carbocycles. The van der Waals surface area contributed by atoms with Crippen LogP contribution >= 0.6 is 24.0 Å². The van der Waals surface area contributed by atoms with Gasteiger partial charge in [-0.2, -0.15) is 0 Å². The van der Waals surface area contributed by atoms with E-state index in [-0.39, 0.29) is 36.5 Å². The van der Waals surface area contributed by atoms with Gasteiger partial charge >= 0.3 is 0 Å². The monoisotopic (exact) mass is 469 g/mol. The van der Waals surface area contributed by atoms with E-state index < -0.39 is 0 Å². The number of pyridine rings is 1. The number of hydrogen-bond donors (Lipinski definition) is 3. The zero-order chi connectivity index (χ0) is 17.9. The van der Waals surface area contributed by atoms with Gasteiger partial charge < -0.3 is 21.1 Å². The van der Waals surface area contributed by atoms with Gasteiger partial charge in [-0.15, -0.1) is 24.0 Å². The minimum absolute atomic E-state index is 0. The van der Waals surface area contributed by atoms with Crippen molar-refractivity contribution in [1.29, 1.82) is 0 Å². The average molecular weight is 469 g/mol. The number of aromatic nitrogens is 1. The average Bonchev–Trinajstić information content (AvgIpc) is 2.61. The standard InChI is InChI=1S/C18H23N5O2.HI/c1-25-13-17(24)23-16-7-4-5-14(11-16)12-22-18(19)21-10-8-15-6-2-3-9-20-15;/h2-7,9,11H,8,10,12-13H2,1H3,(H,23,24)(H3,19,21,22);1H. The normalized spacial score (nSPS) is 10.7. The Morgan fingerprint density at radius 1 is 1.27 bits per heavy atom. The highest BCUT2D eigenvalue weighted by molar-refractivity contribution is 14.0. The molecule has 0 atom stereocenters. The second-order valence-electron chi connectivity index (χ2n) is 5.38. The first kappa shape index (κ1) is 21.8.